The van der Waals surface area contributed by atoms with Crippen LogP contribution in [0.5, 0.6) is 0 Å². The second-order valence-corrected chi connectivity index (χ2v) is 4.27. The molecule has 2 rings (SSSR count). The van der Waals surface area contributed by atoms with Crippen molar-refractivity contribution in [2.45, 2.75) is 26.1 Å². The minimum absolute atomic E-state index is 0.271. The molecule has 1 aromatic rings. The zero-order valence-corrected chi connectivity index (χ0v) is 10.6. The zero-order valence-electron chi connectivity index (χ0n) is 10.6. The van der Waals surface area contributed by atoms with E-state index in [9.17, 15) is 4.79 Å². The molecule has 0 aromatic carbocycles. The Bertz CT molecular complexity index is 410. The summed E-state index contributed by atoms with van der Waals surface area (Å²) in [6.07, 6.45) is 2.35. The minimum atomic E-state index is -0.679. The second kappa shape index (κ2) is 5.46. The fourth-order valence-corrected chi connectivity index (χ4v) is 1.82. The minimum Gasteiger partial charge on any atom is -0.465 e. The van der Waals surface area contributed by atoms with Gasteiger partial charge in [0.05, 0.1) is 19.8 Å². The molecule has 0 radical (unpaired) electrons. The molecule has 0 bridgehead atoms. The van der Waals surface area contributed by atoms with E-state index in [1.165, 1.54) is 6.92 Å². The standard InChI is InChI=1S/C13H17NO4/c1-10(15)16-6-5-12-4-3-11(9-14-12)13(2)17-7-8-18-13/h3-4,9H,5-8H2,1-2H3. The van der Waals surface area contributed by atoms with Gasteiger partial charge in [0, 0.05) is 30.8 Å². The number of hydrogen-bond donors (Lipinski definition) is 0. The third-order valence-electron chi connectivity index (χ3n) is 2.85. The van der Waals surface area contributed by atoms with Crippen LogP contribution in [0.2, 0.25) is 0 Å². The number of nitrogens with zero attached hydrogens (tertiary/aromatic N) is 1. The second-order valence-electron chi connectivity index (χ2n) is 4.27. The molecule has 0 aliphatic carbocycles. The first-order chi connectivity index (χ1) is 8.60. The smallest absolute Gasteiger partial charge is 0.302 e. The molecular formula is C13H17NO4. The van der Waals surface area contributed by atoms with E-state index in [1.54, 1.807) is 6.20 Å². The molecule has 0 amide bonds. The Morgan fingerprint density at radius 1 is 1.44 bits per heavy atom. The topological polar surface area (TPSA) is 57.7 Å². The zero-order chi connectivity index (χ0) is 13.0. The number of ether oxygens (including phenoxy) is 3. The van der Waals surface area contributed by atoms with E-state index in [-0.39, 0.29) is 5.97 Å². The van der Waals surface area contributed by atoms with Crippen LogP contribution in [0.25, 0.3) is 0 Å². The molecule has 1 aromatic heterocycles. The number of rotatable bonds is 4. The third kappa shape index (κ3) is 3.05. The van der Waals surface area contributed by atoms with Crippen molar-refractivity contribution in [3.63, 3.8) is 0 Å². The van der Waals surface area contributed by atoms with E-state index in [1.807, 2.05) is 19.1 Å². The highest BCUT2D eigenvalue weighted by Crippen LogP contribution is 2.30. The summed E-state index contributed by atoms with van der Waals surface area (Å²) >= 11 is 0. The van der Waals surface area contributed by atoms with Crippen molar-refractivity contribution in [2.24, 2.45) is 0 Å². The number of carbonyl (C=O) groups is 1. The molecule has 98 valence electrons. The summed E-state index contributed by atoms with van der Waals surface area (Å²) in [6.45, 7) is 4.84. The highest BCUT2D eigenvalue weighted by atomic mass is 16.7. The summed E-state index contributed by atoms with van der Waals surface area (Å²) in [5.41, 5.74) is 1.78. The van der Waals surface area contributed by atoms with Gasteiger partial charge in [0.25, 0.3) is 0 Å². The van der Waals surface area contributed by atoms with E-state index in [4.69, 9.17) is 14.2 Å². The largest absolute Gasteiger partial charge is 0.465 e. The molecule has 1 aliphatic rings. The van der Waals surface area contributed by atoms with Gasteiger partial charge in [0.2, 0.25) is 0 Å². The maximum absolute atomic E-state index is 10.6. The Balaban J connectivity index is 1.95. The Labute approximate surface area is 106 Å². The van der Waals surface area contributed by atoms with E-state index in [0.29, 0.717) is 26.2 Å². The molecule has 1 aliphatic heterocycles. The van der Waals surface area contributed by atoms with Crippen LogP contribution in [0.4, 0.5) is 0 Å². The van der Waals surface area contributed by atoms with Crippen LogP contribution < -0.4 is 0 Å². The summed E-state index contributed by atoms with van der Waals surface area (Å²) in [5, 5.41) is 0. The predicted molar refractivity (Wildman–Crippen MR) is 63.8 cm³/mol. The number of carbonyl (C=O) groups excluding carboxylic acids is 1. The van der Waals surface area contributed by atoms with E-state index < -0.39 is 5.79 Å². The summed E-state index contributed by atoms with van der Waals surface area (Å²) in [5.74, 6) is -0.951. The number of esters is 1. The molecule has 18 heavy (non-hydrogen) atoms. The van der Waals surface area contributed by atoms with Crippen molar-refractivity contribution in [1.82, 2.24) is 4.98 Å². The van der Waals surface area contributed by atoms with Crippen molar-refractivity contribution >= 4 is 5.97 Å². The molecule has 0 saturated carbocycles. The molecule has 0 unspecified atom stereocenters. The molecule has 1 saturated heterocycles. The van der Waals surface area contributed by atoms with Crippen LogP contribution in [0, 0.1) is 0 Å². The van der Waals surface area contributed by atoms with E-state index in [0.717, 1.165) is 11.3 Å². The van der Waals surface area contributed by atoms with Gasteiger partial charge in [-0.25, -0.2) is 0 Å². The number of hydrogen-bond acceptors (Lipinski definition) is 5. The van der Waals surface area contributed by atoms with Crippen LogP contribution in [0.3, 0.4) is 0 Å². The van der Waals surface area contributed by atoms with Gasteiger partial charge in [0.15, 0.2) is 5.79 Å². The van der Waals surface area contributed by atoms with E-state index >= 15 is 0 Å². The van der Waals surface area contributed by atoms with Crippen LogP contribution in [-0.4, -0.2) is 30.8 Å². The van der Waals surface area contributed by atoms with Gasteiger partial charge in [0.1, 0.15) is 0 Å². The van der Waals surface area contributed by atoms with Crippen molar-refractivity contribution < 1.29 is 19.0 Å². The highest BCUT2D eigenvalue weighted by Gasteiger charge is 2.33. The molecule has 0 spiro atoms. The lowest BCUT2D eigenvalue weighted by Gasteiger charge is -2.22. The van der Waals surface area contributed by atoms with Crippen molar-refractivity contribution in [3.8, 4) is 0 Å². The summed E-state index contributed by atoms with van der Waals surface area (Å²) in [6, 6.07) is 3.83. The van der Waals surface area contributed by atoms with Gasteiger partial charge in [-0.05, 0) is 13.0 Å². The number of aromatic nitrogens is 1. The fourth-order valence-electron chi connectivity index (χ4n) is 1.82. The first kappa shape index (κ1) is 13.0. The SMILES string of the molecule is CC(=O)OCCc1ccc(C2(C)OCCO2)cn1. The van der Waals surface area contributed by atoms with Gasteiger partial charge in [-0.3, -0.25) is 9.78 Å². The average molecular weight is 251 g/mol. The Kier molecular flexibility index (Phi) is 3.93. The van der Waals surface area contributed by atoms with Gasteiger partial charge < -0.3 is 14.2 Å². The lowest BCUT2D eigenvalue weighted by molar-refractivity contribution is -0.150. The highest BCUT2D eigenvalue weighted by molar-refractivity contribution is 5.65. The summed E-state index contributed by atoms with van der Waals surface area (Å²) in [7, 11) is 0. The lowest BCUT2D eigenvalue weighted by atomic mass is 10.1. The quantitative estimate of drug-likeness (QED) is 0.757. The van der Waals surface area contributed by atoms with E-state index in [2.05, 4.69) is 4.98 Å². The summed E-state index contributed by atoms with van der Waals surface area (Å²) in [4.78, 5) is 14.9. The van der Waals surface area contributed by atoms with Crippen molar-refractivity contribution in [2.75, 3.05) is 19.8 Å². The van der Waals surface area contributed by atoms with Gasteiger partial charge in [-0.15, -0.1) is 0 Å². The normalized spacial score (nSPS) is 17.7. The van der Waals surface area contributed by atoms with Gasteiger partial charge >= 0.3 is 5.97 Å². The van der Waals surface area contributed by atoms with Crippen LogP contribution in [0.1, 0.15) is 25.1 Å². The third-order valence-corrected chi connectivity index (χ3v) is 2.85. The molecule has 0 atom stereocenters. The predicted octanol–water partition coefficient (Wildman–Crippen LogP) is 1.41. The van der Waals surface area contributed by atoms with Crippen molar-refractivity contribution in [1.29, 1.82) is 0 Å². The maximum Gasteiger partial charge on any atom is 0.302 e. The van der Waals surface area contributed by atoms with Crippen LogP contribution in [0.15, 0.2) is 18.3 Å². The first-order valence-electron chi connectivity index (χ1n) is 5.97. The van der Waals surface area contributed by atoms with Gasteiger partial charge in [-0.2, -0.15) is 0 Å². The Morgan fingerprint density at radius 2 is 2.17 bits per heavy atom. The molecule has 0 N–H and O–H groups in total. The first-order valence-corrected chi connectivity index (χ1v) is 5.97. The Hall–Kier alpha value is -1.46. The fraction of sp³-hybridized carbons (Fsp3) is 0.538. The van der Waals surface area contributed by atoms with Crippen LogP contribution >= 0.6 is 0 Å². The van der Waals surface area contributed by atoms with Gasteiger partial charge in [-0.1, -0.05) is 6.07 Å². The number of pyridine rings is 1. The molecule has 5 nitrogen and oxygen atoms in total. The molecular weight excluding hydrogens is 234 g/mol. The van der Waals surface area contributed by atoms with Crippen LogP contribution in [-0.2, 0) is 31.2 Å². The maximum atomic E-state index is 10.6. The Morgan fingerprint density at radius 3 is 2.72 bits per heavy atom. The monoisotopic (exact) mass is 251 g/mol. The molecule has 1 fully saturated rings. The lowest BCUT2D eigenvalue weighted by Crippen LogP contribution is -2.22. The van der Waals surface area contributed by atoms with Crippen molar-refractivity contribution in [3.05, 3.63) is 29.6 Å². The molecule has 5 heteroatoms. The summed E-state index contributed by atoms with van der Waals surface area (Å²) < 4.78 is 16.0. The average Bonchev–Trinajstić information content (AvgIpc) is 2.78. The molecule has 2 heterocycles.